The van der Waals surface area contributed by atoms with Gasteiger partial charge in [-0.1, -0.05) is 6.92 Å². The van der Waals surface area contributed by atoms with Crippen LogP contribution in [-0.2, 0) is 6.42 Å². The van der Waals surface area contributed by atoms with Gasteiger partial charge in [0.2, 0.25) is 5.16 Å². The minimum atomic E-state index is 0.703. The van der Waals surface area contributed by atoms with Crippen LogP contribution >= 0.6 is 27.7 Å². The van der Waals surface area contributed by atoms with Gasteiger partial charge in [0.25, 0.3) is 0 Å². The van der Waals surface area contributed by atoms with Crippen LogP contribution in [0.15, 0.2) is 39.1 Å². The normalized spacial score (nSPS) is 11.1. The minimum absolute atomic E-state index is 0.703. The zero-order valence-electron chi connectivity index (χ0n) is 10.1. The van der Waals surface area contributed by atoms with Crippen molar-refractivity contribution >= 4 is 38.7 Å². The maximum Gasteiger partial charge on any atom is 0.213 e. The fraction of sp³-hybridized carbons (Fsp3) is 0.167. The zero-order valence-corrected chi connectivity index (χ0v) is 12.5. The fourth-order valence-electron chi connectivity index (χ4n) is 1.64. The Labute approximate surface area is 122 Å². The van der Waals surface area contributed by atoms with E-state index in [0.717, 1.165) is 32.6 Å². The van der Waals surface area contributed by atoms with E-state index in [1.165, 1.54) is 11.8 Å². The number of nitrogens with one attached hydrogen (secondary N) is 1. The molecule has 0 aliphatic rings. The highest BCUT2D eigenvalue weighted by atomic mass is 79.9. The second-order valence-electron chi connectivity index (χ2n) is 3.85. The number of H-pyrrole nitrogens is 1. The number of pyridine rings is 2. The maximum atomic E-state index is 4.41. The molecular weight excluding hydrogens is 326 g/mol. The van der Waals surface area contributed by atoms with Gasteiger partial charge >= 0.3 is 0 Å². The molecule has 3 rings (SSSR count). The van der Waals surface area contributed by atoms with E-state index in [-0.39, 0.29) is 0 Å². The summed E-state index contributed by atoms with van der Waals surface area (Å²) in [6, 6.07) is 3.87. The molecule has 7 heteroatoms. The molecule has 96 valence electrons. The topological polar surface area (TPSA) is 67.3 Å². The molecule has 19 heavy (non-hydrogen) atoms. The Morgan fingerprint density at radius 3 is 3.05 bits per heavy atom. The highest BCUT2D eigenvalue weighted by Crippen LogP contribution is 2.30. The molecule has 3 aromatic rings. The van der Waals surface area contributed by atoms with Crippen LogP contribution in [0.5, 0.6) is 0 Å². The predicted octanol–water partition coefficient (Wildman–Crippen LogP) is 3.22. The Balaban J connectivity index is 2.00. The van der Waals surface area contributed by atoms with Crippen LogP contribution in [0.25, 0.3) is 11.0 Å². The number of rotatable bonds is 3. The molecule has 0 aromatic carbocycles. The lowest BCUT2D eigenvalue weighted by molar-refractivity contribution is 0.941. The summed E-state index contributed by atoms with van der Waals surface area (Å²) in [6.45, 7) is 2.04. The number of aromatic amines is 1. The molecule has 0 saturated heterocycles. The first-order valence-corrected chi connectivity index (χ1v) is 7.36. The highest BCUT2D eigenvalue weighted by Gasteiger charge is 2.09. The van der Waals surface area contributed by atoms with Crippen molar-refractivity contribution < 1.29 is 0 Å². The van der Waals surface area contributed by atoms with Gasteiger partial charge in [-0.3, -0.25) is 15.1 Å². The summed E-state index contributed by atoms with van der Waals surface area (Å²) >= 11 is 4.89. The molecule has 5 nitrogen and oxygen atoms in total. The standard InChI is InChI=1S/C12H10BrN5S/c1-2-10-16-12(18-17-10)19-9-3-4-14-8-5-7(13)6-15-11(8)9/h3-6H,2H2,1H3,(H,16,17,18). The summed E-state index contributed by atoms with van der Waals surface area (Å²) in [6.07, 6.45) is 4.38. The Bertz CT molecular complexity index is 727. The Hall–Kier alpha value is -1.47. The molecular formula is C12H10BrN5S. The van der Waals surface area contributed by atoms with Gasteiger partial charge in [-0.2, -0.15) is 0 Å². The van der Waals surface area contributed by atoms with Crippen molar-refractivity contribution in [2.45, 2.75) is 23.4 Å². The molecule has 0 bridgehead atoms. The number of fused-ring (bicyclic) bond motifs is 1. The first-order chi connectivity index (χ1) is 9.26. The van der Waals surface area contributed by atoms with Crippen molar-refractivity contribution in [3.63, 3.8) is 0 Å². The number of hydrogen-bond acceptors (Lipinski definition) is 5. The van der Waals surface area contributed by atoms with Crippen molar-refractivity contribution in [3.8, 4) is 0 Å². The molecule has 1 N–H and O–H groups in total. The Morgan fingerprint density at radius 2 is 2.26 bits per heavy atom. The summed E-state index contributed by atoms with van der Waals surface area (Å²) in [5.74, 6) is 0.886. The predicted molar refractivity (Wildman–Crippen MR) is 77.1 cm³/mol. The van der Waals surface area contributed by atoms with E-state index in [9.17, 15) is 0 Å². The van der Waals surface area contributed by atoms with Crippen LogP contribution < -0.4 is 0 Å². The smallest absolute Gasteiger partial charge is 0.213 e. The number of nitrogens with zero attached hydrogens (tertiary/aromatic N) is 4. The van der Waals surface area contributed by atoms with E-state index >= 15 is 0 Å². The average molecular weight is 336 g/mol. The maximum absolute atomic E-state index is 4.41. The van der Waals surface area contributed by atoms with E-state index in [4.69, 9.17) is 0 Å². The van der Waals surface area contributed by atoms with Crippen LogP contribution in [0.4, 0.5) is 0 Å². The Morgan fingerprint density at radius 1 is 1.37 bits per heavy atom. The molecule has 3 aromatic heterocycles. The van der Waals surface area contributed by atoms with Crippen LogP contribution in [0.2, 0.25) is 0 Å². The van der Waals surface area contributed by atoms with Crippen molar-refractivity contribution in [2.75, 3.05) is 0 Å². The van der Waals surface area contributed by atoms with E-state index in [1.807, 2.05) is 19.1 Å². The molecule has 0 aliphatic heterocycles. The summed E-state index contributed by atoms with van der Waals surface area (Å²) in [7, 11) is 0. The molecule has 3 heterocycles. The molecule has 0 aliphatic carbocycles. The minimum Gasteiger partial charge on any atom is -0.262 e. The molecule has 0 fully saturated rings. The monoisotopic (exact) mass is 335 g/mol. The first-order valence-electron chi connectivity index (χ1n) is 5.75. The van der Waals surface area contributed by atoms with Gasteiger partial charge in [-0.15, -0.1) is 5.10 Å². The second kappa shape index (κ2) is 5.26. The van der Waals surface area contributed by atoms with Gasteiger partial charge in [0.15, 0.2) is 0 Å². The number of halogens is 1. The van der Waals surface area contributed by atoms with E-state index in [0.29, 0.717) is 5.16 Å². The third-order valence-electron chi connectivity index (χ3n) is 2.55. The number of aromatic nitrogens is 5. The first kappa shape index (κ1) is 12.6. The number of aryl methyl sites for hydroxylation is 1. The van der Waals surface area contributed by atoms with Crippen LogP contribution in [0.1, 0.15) is 12.7 Å². The SMILES string of the molecule is CCc1nc(Sc2ccnc3cc(Br)cnc23)n[nH]1. The van der Waals surface area contributed by atoms with Crippen LogP contribution in [-0.4, -0.2) is 25.1 Å². The summed E-state index contributed by atoms with van der Waals surface area (Å²) in [4.78, 5) is 14.1. The molecule has 0 unspecified atom stereocenters. The average Bonchev–Trinajstić information content (AvgIpc) is 2.86. The van der Waals surface area contributed by atoms with Gasteiger partial charge < -0.3 is 0 Å². The second-order valence-corrected chi connectivity index (χ2v) is 5.78. The van der Waals surface area contributed by atoms with Crippen molar-refractivity contribution in [2.24, 2.45) is 0 Å². The number of hydrogen-bond donors (Lipinski definition) is 1. The molecule has 0 radical (unpaired) electrons. The largest absolute Gasteiger partial charge is 0.262 e. The lowest BCUT2D eigenvalue weighted by Crippen LogP contribution is -1.87. The highest BCUT2D eigenvalue weighted by molar-refractivity contribution is 9.10. The quantitative estimate of drug-likeness (QED) is 0.795. The van der Waals surface area contributed by atoms with Gasteiger partial charge in [-0.25, -0.2) is 4.98 Å². The zero-order chi connectivity index (χ0) is 13.2. The van der Waals surface area contributed by atoms with Crippen LogP contribution in [0, 0.1) is 0 Å². The van der Waals surface area contributed by atoms with Crippen molar-refractivity contribution in [1.29, 1.82) is 0 Å². The molecule has 0 saturated carbocycles. The summed E-state index contributed by atoms with van der Waals surface area (Å²) in [5, 5.41) is 7.79. The van der Waals surface area contributed by atoms with Crippen LogP contribution in [0.3, 0.4) is 0 Å². The lowest BCUT2D eigenvalue weighted by Gasteiger charge is -2.02. The van der Waals surface area contributed by atoms with E-state index in [1.54, 1.807) is 12.4 Å². The van der Waals surface area contributed by atoms with Gasteiger partial charge in [0.1, 0.15) is 11.3 Å². The summed E-state index contributed by atoms with van der Waals surface area (Å²) < 4.78 is 0.917. The molecule has 0 spiro atoms. The van der Waals surface area contributed by atoms with Gasteiger partial charge in [0.05, 0.1) is 5.52 Å². The third kappa shape index (κ3) is 2.62. The van der Waals surface area contributed by atoms with E-state index < -0.39 is 0 Å². The lowest BCUT2D eigenvalue weighted by atomic mass is 10.3. The van der Waals surface area contributed by atoms with Gasteiger partial charge in [0, 0.05) is 28.2 Å². The fourth-order valence-corrected chi connectivity index (χ4v) is 2.79. The van der Waals surface area contributed by atoms with Crippen molar-refractivity contribution in [3.05, 3.63) is 34.8 Å². The molecule has 0 amide bonds. The van der Waals surface area contributed by atoms with Crippen molar-refractivity contribution in [1.82, 2.24) is 25.1 Å². The Kier molecular flexibility index (Phi) is 3.48. The third-order valence-corrected chi connectivity index (χ3v) is 3.90. The van der Waals surface area contributed by atoms with E-state index in [2.05, 4.69) is 41.1 Å². The summed E-state index contributed by atoms with van der Waals surface area (Å²) in [5.41, 5.74) is 1.71. The van der Waals surface area contributed by atoms with Gasteiger partial charge in [-0.05, 0) is 39.8 Å². The molecule has 0 atom stereocenters.